The molecule has 2 saturated heterocycles. The highest BCUT2D eigenvalue weighted by molar-refractivity contribution is 7.89. The number of piperazine rings is 1. The van der Waals surface area contributed by atoms with Crippen LogP contribution < -0.4 is 9.62 Å². The fourth-order valence-corrected chi connectivity index (χ4v) is 5.25. The molecule has 4 rings (SSSR count). The Morgan fingerprint density at radius 1 is 1.10 bits per heavy atom. The van der Waals surface area contributed by atoms with Gasteiger partial charge in [-0.1, -0.05) is 24.3 Å². The molecule has 2 aliphatic heterocycles. The van der Waals surface area contributed by atoms with Crippen LogP contribution in [0.4, 0.5) is 5.69 Å². The number of anilines is 1. The lowest BCUT2D eigenvalue weighted by molar-refractivity contribution is 0.0746. The fraction of sp³-hybridized carbons (Fsp3) is 0.435. The number of aryl methyl sites for hydroxylation is 1. The Morgan fingerprint density at radius 2 is 1.87 bits per heavy atom. The van der Waals surface area contributed by atoms with Crippen LogP contribution in [-0.4, -0.2) is 64.7 Å². The van der Waals surface area contributed by atoms with Gasteiger partial charge in [0.2, 0.25) is 10.0 Å². The molecule has 1 N–H and O–H groups in total. The van der Waals surface area contributed by atoms with Gasteiger partial charge >= 0.3 is 0 Å². The Balaban J connectivity index is 1.39. The summed E-state index contributed by atoms with van der Waals surface area (Å²) in [6.07, 6.45) is 1.73. The number of amides is 1. The second kappa shape index (κ2) is 9.38. The number of rotatable bonds is 6. The molecule has 7 nitrogen and oxygen atoms in total. The van der Waals surface area contributed by atoms with Gasteiger partial charge in [-0.25, -0.2) is 13.1 Å². The third kappa shape index (κ3) is 5.08. The maximum atomic E-state index is 13.0. The Morgan fingerprint density at radius 3 is 2.58 bits per heavy atom. The van der Waals surface area contributed by atoms with Crippen molar-refractivity contribution in [2.45, 2.75) is 30.8 Å². The normalized spacial score (nSPS) is 19.6. The molecule has 31 heavy (non-hydrogen) atoms. The van der Waals surface area contributed by atoms with Crippen LogP contribution in [0.25, 0.3) is 0 Å². The molecule has 2 aromatic carbocycles. The van der Waals surface area contributed by atoms with Crippen molar-refractivity contribution < 1.29 is 17.9 Å². The zero-order chi connectivity index (χ0) is 21.8. The zero-order valence-electron chi connectivity index (χ0n) is 17.8. The average Bonchev–Trinajstić information content (AvgIpc) is 3.32. The lowest BCUT2D eigenvalue weighted by atomic mass is 10.1. The molecule has 1 amide bonds. The minimum absolute atomic E-state index is 0.0795. The average molecular weight is 444 g/mol. The largest absolute Gasteiger partial charge is 0.377 e. The number of nitrogens with one attached hydrogen (secondary N) is 1. The van der Waals surface area contributed by atoms with Crippen molar-refractivity contribution in [2.24, 2.45) is 0 Å². The molecule has 0 bridgehead atoms. The van der Waals surface area contributed by atoms with Crippen LogP contribution in [0.2, 0.25) is 0 Å². The summed E-state index contributed by atoms with van der Waals surface area (Å²) in [6.45, 7) is 5.71. The topological polar surface area (TPSA) is 79.0 Å². The predicted octanol–water partition coefficient (Wildman–Crippen LogP) is 2.41. The van der Waals surface area contributed by atoms with Gasteiger partial charge in [0, 0.05) is 50.6 Å². The van der Waals surface area contributed by atoms with E-state index in [4.69, 9.17) is 4.74 Å². The number of hydrogen-bond acceptors (Lipinski definition) is 5. The van der Waals surface area contributed by atoms with E-state index in [0.29, 0.717) is 25.3 Å². The molecule has 166 valence electrons. The van der Waals surface area contributed by atoms with E-state index in [9.17, 15) is 13.2 Å². The number of carbonyl (C=O) groups is 1. The van der Waals surface area contributed by atoms with Gasteiger partial charge < -0.3 is 14.5 Å². The van der Waals surface area contributed by atoms with Gasteiger partial charge in [-0.15, -0.1) is 0 Å². The molecule has 0 spiro atoms. The van der Waals surface area contributed by atoms with Crippen molar-refractivity contribution in [3.05, 3.63) is 59.7 Å². The summed E-state index contributed by atoms with van der Waals surface area (Å²) in [7, 11) is -3.69. The van der Waals surface area contributed by atoms with Crippen LogP contribution in [0.3, 0.4) is 0 Å². The fourth-order valence-electron chi connectivity index (χ4n) is 4.14. The van der Waals surface area contributed by atoms with Crippen LogP contribution >= 0.6 is 0 Å². The molecule has 0 aromatic heterocycles. The lowest BCUT2D eigenvalue weighted by Crippen LogP contribution is -2.49. The molecule has 1 atom stereocenters. The van der Waals surface area contributed by atoms with Crippen LogP contribution in [0, 0.1) is 6.92 Å². The summed E-state index contributed by atoms with van der Waals surface area (Å²) in [5.41, 5.74) is 2.81. The van der Waals surface area contributed by atoms with Crippen molar-refractivity contribution in [2.75, 3.05) is 44.2 Å². The third-order valence-corrected chi connectivity index (χ3v) is 7.36. The summed E-state index contributed by atoms with van der Waals surface area (Å²) < 4.78 is 33.4. The Hall–Kier alpha value is -2.42. The van der Waals surface area contributed by atoms with E-state index in [1.807, 2.05) is 12.1 Å². The number of hydrogen-bond donors (Lipinski definition) is 1. The third-order valence-electron chi connectivity index (χ3n) is 5.94. The van der Waals surface area contributed by atoms with Gasteiger partial charge in [0.25, 0.3) is 5.91 Å². The highest BCUT2D eigenvalue weighted by Crippen LogP contribution is 2.22. The maximum Gasteiger partial charge on any atom is 0.254 e. The first-order valence-corrected chi connectivity index (χ1v) is 12.2. The van der Waals surface area contributed by atoms with Crippen molar-refractivity contribution in [1.82, 2.24) is 9.62 Å². The van der Waals surface area contributed by atoms with Crippen molar-refractivity contribution in [3.8, 4) is 0 Å². The minimum atomic E-state index is -3.69. The second-order valence-electron chi connectivity index (χ2n) is 8.08. The molecule has 1 unspecified atom stereocenters. The predicted molar refractivity (Wildman–Crippen MR) is 120 cm³/mol. The highest BCUT2D eigenvalue weighted by atomic mass is 32.2. The molecule has 2 aliphatic rings. The van der Waals surface area contributed by atoms with Crippen LogP contribution in [0.1, 0.15) is 28.8 Å². The monoisotopic (exact) mass is 443 g/mol. The van der Waals surface area contributed by atoms with Crippen LogP contribution in [-0.2, 0) is 14.8 Å². The molecule has 0 radical (unpaired) electrons. The summed E-state index contributed by atoms with van der Waals surface area (Å²) in [4.78, 5) is 17.2. The lowest BCUT2D eigenvalue weighted by Gasteiger charge is -2.36. The van der Waals surface area contributed by atoms with Crippen molar-refractivity contribution in [3.63, 3.8) is 0 Å². The van der Waals surface area contributed by atoms with E-state index in [-0.39, 0.29) is 23.5 Å². The molecule has 0 saturated carbocycles. The standard InChI is InChI=1S/C23H29N3O4S/c1-18-6-2-3-10-22(18)25-11-13-26(14-12-25)23(27)19-7-4-9-21(16-19)31(28,29)24-17-20-8-5-15-30-20/h2-4,6-7,9-10,16,20,24H,5,8,11-15,17H2,1H3. The first-order valence-electron chi connectivity index (χ1n) is 10.8. The molecule has 0 aliphatic carbocycles. The molecule has 2 aromatic rings. The number of nitrogens with zero attached hydrogens (tertiary/aromatic N) is 2. The summed E-state index contributed by atoms with van der Waals surface area (Å²) >= 11 is 0. The number of para-hydroxylation sites is 1. The van der Waals surface area contributed by atoms with E-state index < -0.39 is 10.0 Å². The Kier molecular flexibility index (Phi) is 6.60. The minimum Gasteiger partial charge on any atom is -0.377 e. The maximum absolute atomic E-state index is 13.0. The Labute approximate surface area is 184 Å². The first kappa shape index (κ1) is 21.8. The SMILES string of the molecule is Cc1ccccc1N1CCN(C(=O)c2cccc(S(=O)(=O)NCC3CCCO3)c2)CC1. The van der Waals surface area contributed by atoms with Crippen molar-refractivity contribution >= 4 is 21.6 Å². The quantitative estimate of drug-likeness (QED) is 0.742. The molecule has 2 fully saturated rings. The van der Waals surface area contributed by atoms with E-state index >= 15 is 0 Å². The summed E-state index contributed by atoms with van der Waals surface area (Å²) in [6, 6.07) is 14.5. The molecular weight excluding hydrogens is 414 g/mol. The van der Waals surface area contributed by atoms with Gasteiger partial charge in [-0.2, -0.15) is 0 Å². The highest BCUT2D eigenvalue weighted by Gasteiger charge is 2.25. The van der Waals surface area contributed by atoms with Crippen LogP contribution in [0.15, 0.2) is 53.4 Å². The van der Waals surface area contributed by atoms with Gasteiger partial charge in [-0.05, 0) is 49.6 Å². The van der Waals surface area contributed by atoms with Gasteiger partial charge in [0.05, 0.1) is 11.0 Å². The number of sulfonamides is 1. The molecule has 2 heterocycles. The van der Waals surface area contributed by atoms with E-state index in [0.717, 1.165) is 25.9 Å². The first-order chi connectivity index (χ1) is 14.9. The van der Waals surface area contributed by atoms with E-state index in [2.05, 4.69) is 28.7 Å². The number of ether oxygens (including phenoxy) is 1. The number of carbonyl (C=O) groups excluding carboxylic acids is 1. The summed E-state index contributed by atoms with van der Waals surface area (Å²) in [5.74, 6) is -0.138. The van der Waals surface area contributed by atoms with E-state index in [1.165, 1.54) is 23.4 Å². The number of benzene rings is 2. The van der Waals surface area contributed by atoms with Gasteiger partial charge in [0.15, 0.2) is 0 Å². The van der Waals surface area contributed by atoms with Gasteiger partial charge in [0.1, 0.15) is 0 Å². The van der Waals surface area contributed by atoms with Crippen molar-refractivity contribution in [1.29, 1.82) is 0 Å². The Bertz CT molecular complexity index is 1030. The second-order valence-corrected chi connectivity index (χ2v) is 9.85. The smallest absolute Gasteiger partial charge is 0.254 e. The zero-order valence-corrected chi connectivity index (χ0v) is 18.6. The molecule has 8 heteroatoms. The van der Waals surface area contributed by atoms with E-state index in [1.54, 1.807) is 17.0 Å². The summed E-state index contributed by atoms with van der Waals surface area (Å²) in [5, 5.41) is 0. The molecular formula is C23H29N3O4S. The van der Waals surface area contributed by atoms with Gasteiger partial charge in [-0.3, -0.25) is 4.79 Å². The van der Waals surface area contributed by atoms with Crippen LogP contribution in [0.5, 0.6) is 0 Å².